The first-order valence-electron chi connectivity index (χ1n) is 3.24. The van der Waals surface area contributed by atoms with E-state index in [1.807, 2.05) is 35.2 Å². The highest BCUT2D eigenvalue weighted by Gasteiger charge is 1.93. The zero-order valence-corrected chi connectivity index (χ0v) is 5.70. The maximum absolute atomic E-state index is 8.26. The Kier molecular flexibility index (Phi) is 2.45. The van der Waals surface area contributed by atoms with Gasteiger partial charge < -0.3 is 0 Å². The third kappa shape index (κ3) is 1.87. The van der Waals surface area contributed by atoms with Crippen molar-refractivity contribution in [2.45, 2.75) is 13.0 Å². The summed E-state index contributed by atoms with van der Waals surface area (Å²) in [6.07, 6.45) is 4.49. The summed E-state index contributed by atoms with van der Waals surface area (Å²) in [6, 6.07) is 7.97. The van der Waals surface area contributed by atoms with Crippen LogP contribution in [0.5, 0.6) is 0 Å². The Labute approximate surface area is 60.3 Å². The van der Waals surface area contributed by atoms with Gasteiger partial charge in [-0.2, -0.15) is 5.26 Å². The largest absolute Gasteiger partial charge is 0.204 e. The molecule has 0 bridgehead atoms. The number of aromatic nitrogens is 1. The molecule has 0 radical (unpaired) electrons. The van der Waals surface area contributed by atoms with Gasteiger partial charge >= 0.3 is 0 Å². The van der Waals surface area contributed by atoms with Gasteiger partial charge in [0.1, 0.15) is 0 Å². The normalized spacial score (nSPS) is 8.70. The van der Waals surface area contributed by atoms with Gasteiger partial charge in [0.25, 0.3) is 0 Å². The minimum atomic E-state index is 0.578. The molecule has 0 atom stereocenters. The minimum Gasteiger partial charge on any atom is -0.204 e. The van der Waals surface area contributed by atoms with Crippen LogP contribution in [0.2, 0.25) is 0 Å². The molecule has 2 heteroatoms. The van der Waals surface area contributed by atoms with E-state index in [4.69, 9.17) is 5.26 Å². The standard InChI is InChI=1S/C8H9N2/c9-5-4-8-10-6-2-1-3-7-10/h1-3,6-7H,4,8H2/q+1. The van der Waals surface area contributed by atoms with E-state index in [1.165, 1.54) is 0 Å². The van der Waals surface area contributed by atoms with Crippen molar-refractivity contribution in [2.24, 2.45) is 0 Å². The summed E-state index contributed by atoms with van der Waals surface area (Å²) in [7, 11) is 0. The molecule has 0 aliphatic rings. The third-order valence-corrected chi connectivity index (χ3v) is 1.26. The number of hydrogen-bond acceptors (Lipinski definition) is 1. The lowest BCUT2D eigenvalue weighted by atomic mass is 10.4. The summed E-state index contributed by atoms with van der Waals surface area (Å²) < 4.78 is 1.99. The molecule has 0 spiro atoms. The first-order valence-corrected chi connectivity index (χ1v) is 3.24. The van der Waals surface area contributed by atoms with E-state index in [0.29, 0.717) is 6.42 Å². The molecule has 10 heavy (non-hydrogen) atoms. The summed E-state index contributed by atoms with van der Waals surface area (Å²) >= 11 is 0. The molecule has 0 unspecified atom stereocenters. The average Bonchev–Trinajstić information content (AvgIpc) is 2.03. The zero-order chi connectivity index (χ0) is 7.23. The number of rotatable bonds is 2. The van der Waals surface area contributed by atoms with Crippen LogP contribution in [0.15, 0.2) is 30.6 Å². The van der Waals surface area contributed by atoms with E-state index in [9.17, 15) is 0 Å². The molecule has 0 N–H and O–H groups in total. The molecule has 1 rings (SSSR count). The summed E-state index contributed by atoms with van der Waals surface area (Å²) in [5.41, 5.74) is 0. The Balaban J connectivity index is 2.52. The lowest BCUT2D eigenvalue weighted by molar-refractivity contribution is -0.695. The lowest BCUT2D eigenvalue weighted by Gasteiger charge is -1.87. The molecular weight excluding hydrogens is 124 g/mol. The second-order valence-electron chi connectivity index (χ2n) is 2.02. The highest BCUT2D eigenvalue weighted by molar-refractivity contribution is 4.83. The third-order valence-electron chi connectivity index (χ3n) is 1.26. The van der Waals surface area contributed by atoms with Crippen LogP contribution in [0.1, 0.15) is 6.42 Å². The van der Waals surface area contributed by atoms with Crippen molar-refractivity contribution in [3.05, 3.63) is 30.6 Å². The van der Waals surface area contributed by atoms with Crippen LogP contribution in [0.25, 0.3) is 0 Å². The Hall–Kier alpha value is -1.36. The second-order valence-corrected chi connectivity index (χ2v) is 2.02. The van der Waals surface area contributed by atoms with Gasteiger partial charge in [-0.15, -0.1) is 0 Å². The van der Waals surface area contributed by atoms with Crippen LogP contribution in [0, 0.1) is 11.3 Å². The Morgan fingerprint density at radius 2 is 1.90 bits per heavy atom. The van der Waals surface area contributed by atoms with Crippen molar-refractivity contribution in [2.75, 3.05) is 0 Å². The van der Waals surface area contributed by atoms with E-state index < -0.39 is 0 Å². The van der Waals surface area contributed by atoms with Crippen LogP contribution in [0.3, 0.4) is 0 Å². The first-order chi connectivity index (χ1) is 4.93. The van der Waals surface area contributed by atoms with Crippen molar-refractivity contribution in [3.63, 3.8) is 0 Å². The van der Waals surface area contributed by atoms with Crippen LogP contribution < -0.4 is 4.57 Å². The SMILES string of the molecule is N#CCC[n+]1ccccc1. The van der Waals surface area contributed by atoms with E-state index in [0.717, 1.165) is 6.54 Å². The lowest BCUT2D eigenvalue weighted by Crippen LogP contribution is -2.31. The van der Waals surface area contributed by atoms with Gasteiger partial charge in [-0.1, -0.05) is 6.07 Å². The molecule has 50 valence electrons. The summed E-state index contributed by atoms with van der Waals surface area (Å²) in [4.78, 5) is 0. The van der Waals surface area contributed by atoms with Crippen molar-refractivity contribution in [1.82, 2.24) is 0 Å². The van der Waals surface area contributed by atoms with E-state index in [-0.39, 0.29) is 0 Å². The number of nitrogens with zero attached hydrogens (tertiary/aromatic N) is 2. The maximum Gasteiger partial charge on any atom is 0.168 e. The van der Waals surface area contributed by atoms with Crippen molar-refractivity contribution in [1.29, 1.82) is 5.26 Å². The molecule has 2 nitrogen and oxygen atoms in total. The minimum absolute atomic E-state index is 0.578. The molecular formula is C8H9N2+. The number of nitriles is 1. The highest BCUT2D eigenvalue weighted by Crippen LogP contribution is 1.78. The molecule has 0 saturated carbocycles. The van der Waals surface area contributed by atoms with E-state index >= 15 is 0 Å². The van der Waals surface area contributed by atoms with E-state index in [2.05, 4.69) is 6.07 Å². The topological polar surface area (TPSA) is 27.7 Å². The van der Waals surface area contributed by atoms with Crippen molar-refractivity contribution >= 4 is 0 Å². The Bertz CT molecular complexity index is 223. The maximum atomic E-state index is 8.26. The fraction of sp³-hybridized carbons (Fsp3) is 0.250. The predicted molar refractivity (Wildman–Crippen MR) is 36.9 cm³/mol. The average molecular weight is 133 g/mol. The smallest absolute Gasteiger partial charge is 0.168 e. The van der Waals surface area contributed by atoms with E-state index in [1.54, 1.807) is 0 Å². The van der Waals surface area contributed by atoms with Gasteiger partial charge in [0.05, 0.1) is 12.5 Å². The quantitative estimate of drug-likeness (QED) is 0.550. The summed E-state index contributed by atoms with van der Waals surface area (Å²) in [6.45, 7) is 0.789. The van der Waals surface area contributed by atoms with Crippen LogP contribution in [-0.2, 0) is 6.54 Å². The molecule has 0 aliphatic heterocycles. The Morgan fingerprint density at radius 3 is 2.50 bits per heavy atom. The number of aryl methyl sites for hydroxylation is 1. The first kappa shape index (κ1) is 6.76. The fourth-order valence-corrected chi connectivity index (χ4v) is 0.762. The van der Waals surface area contributed by atoms with Gasteiger partial charge in [-0.05, 0) is 0 Å². The molecule has 0 fully saturated rings. The molecule has 0 saturated heterocycles. The van der Waals surface area contributed by atoms with Crippen LogP contribution in [0.4, 0.5) is 0 Å². The molecule has 0 aromatic carbocycles. The molecule has 0 amide bonds. The van der Waals surface area contributed by atoms with Gasteiger partial charge in [-0.25, -0.2) is 4.57 Å². The summed E-state index contributed by atoms with van der Waals surface area (Å²) in [5, 5.41) is 8.26. The van der Waals surface area contributed by atoms with Crippen molar-refractivity contribution in [3.8, 4) is 6.07 Å². The van der Waals surface area contributed by atoms with Crippen LogP contribution in [-0.4, -0.2) is 0 Å². The van der Waals surface area contributed by atoms with Crippen LogP contribution >= 0.6 is 0 Å². The van der Waals surface area contributed by atoms with Gasteiger partial charge in [0, 0.05) is 12.1 Å². The molecule has 1 aromatic heterocycles. The monoisotopic (exact) mass is 133 g/mol. The fourth-order valence-electron chi connectivity index (χ4n) is 0.762. The summed E-state index contributed by atoms with van der Waals surface area (Å²) in [5.74, 6) is 0. The number of pyridine rings is 1. The molecule has 1 heterocycles. The Morgan fingerprint density at radius 1 is 1.20 bits per heavy atom. The second kappa shape index (κ2) is 3.62. The highest BCUT2D eigenvalue weighted by atomic mass is 14.9. The van der Waals surface area contributed by atoms with Crippen molar-refractivity contribution < 1.29 is 4.57 Å². The zero-order valence-electron chi connectivity index (χ0n) is 5.70. The van der Waals surface area contributed by atoms with Gasteiger partial charge in [-0.3, -0.25) is 0 Å². The molecule has 0 aliphatic carbocycles. The van der Waals surface area contributed by atoms with Gasteiger partial charge in [0.2, 0.25) is 0 Å². The predicted octanol–water partition coefficient (Wildman–Crippen LogP) is 0.888. The number of hydrogen-bond donors (Lipinski definition) is 0. The molecule has 1 aromatic rings. The van der Waals surface area contributed by atoms with Gasteiger partial charge in [0.15, 0.2) is 18.9 Å².